The largest absolute Gasteiger partial charge is 0.492 e. The van der Waals surface area contributed by atoms with Gasteiger partial charge in [-0.2, -0.15) is 0 Å². The third-order valence-corrected chi connectivity index (χ3v) is 3.63. The van der Waals surface area contributed by atoms with Crippen LogP contribution in [0.2, 0.25) is 5.02 Å². The van der Waals surface area contributed by atoms with Gasteiger partial charge in [0.2, 0.25) is 0 Å². The van der Waals surface area contributed by atoms with E-state index in [1.165, 1.54) is 0 Å². The van der Waals surface area contributed by atoms with Crippen molar-refractivity contribution in [3.8, 4) is 11.4 Å². The zero-order chi connectivity index (χ0) is 18.7. The first-order valence-electron chi connectivity index (χ1n) is 7.59. The molecule has 0 saturated carbocycles. The predicted molar refractivity (Wildman–Crippen MR) is 93.2 cm³/mol. The predicted octanol–water partition coefficient (Wildman–Crippen LogP) is 3.10. The summed E-state index contributed by atoms with van der Waals surface area (Å²) in [6.07, 6.45) is 0. The smallest absolute Gasteiger partial charge is 0.438 e. The maximum Gasteiger partial charge on any atom is 0.438 e. The monoisotopic (exact) mass is 375 g/mol. The minimum atomic E-state index is -0.721. The third-order valence-electron chi connectivity index (χ3n) is 3.38. The zero-order valence-corrected chi connectivity index (χ0v) is 14.4. The van der Waals surface area contributed by atoms with Gasteiger partial charge in [0, 0.05) is 5.02 Å². The van der Waals surface area contributed by atoms with E-state index in [-0.39, 0.29) is 5.49 Å². The number of hydrogen-bond donors (Lipinski definition) is 1. The summed E-state index contributed by atoms with van der Waals surface area (Å²) in [5, 5.41) is 26.1. The standard InChI is InChI=1S/C16H14ClN5O4/c1-2-26-14-6-4-3-5-13(14)18-15-16(22(24)25)19-20(21(15)23)12-9-7-11(17)8-10-12/h3-10,23H,2H2,1H3. The molecule has 3 aromatic rings. The van der Waals surface area contributed by atoms with Gasteiger partial charge in [-0.1, -0.05) is 28.6 Å². The molecule has 0 spiro atoms. The van der Waals surface area contributed by atoms with Crippen molar-refractivity contribution in [2.45, 2.75) is 6.92 Å². The SMILES string of the molecule is CCOc1ccccc1N=c1c([N+](=O)[O-])nn(-c2ccc(Cl)cc2)n1O. The third kappa shape index (κ3) is 3.38. The van der Waals surface area contributed by atoms with Crippen molar-refractivity contribution >= 4 is 23.1 Å². The van der Waals surface area contributed by atoms with Gasteiger partial charge >= 0.3 is 5.82 Å². The lowest BCUT2D eigenvalue weighted by molar-refractivity contribution is -0.391. The Labute approximate surface area is 152 Å². The molecule has 1 N–H and O–H groups in total. The van der Waals surface area contributed by atoms with Crippen LogP contribution in [0.5, 0.6) is 5.75 Å². The average Bonchev–Trinajstić information content (AvgIpc) is 2.95. The quantitative estimate of drug-likeness (QED) is 0.419. The Hall–Kier alpha value is -3.33. The molecule has 0 unspecified atom stereocenters. The first-order valence-corrected chi connectivity index (χ1v) is 7.97. The van der Waals surface area contributed by atoms with Crippen molar-refractivity contribution in [1.82, 2.24) is 14.7 Å². The molecule has 10 heteroatoms. The molecule has 2 aromatic carbocycles. The Morgan fingerprint density at radius 3 is 2.62 bits per heavy atom. The van der Waals surface area contributed by atoms with Crippen LogP contribution in [-0.2, 0) is 0 Å². The highest BCUT2D eigenvalue weighted by atomic mass is 35.5. The molecule has 0 aliphatic carbocycles. The van der Waals surface area contributed by atoms with Crippen LogP contribution >= 0.6 is 11.6 Å². The van der Waals surface area contributed by atoms with Gasteiger partial charge in [-0.25, -0.2) is 4.99 Å². The van der Waals surface area contributed by atoms with E-state index in [1.54, 1.807) is 48.5 Å². The number of ether oxygens (including phenoxy) is 1. The molecule has 134 valence electrons. The molecule has 0 amide bonds. The number of nitrogens with zero attached hydrogens (tertiary/aromatic N) is 5. The van der Waals surface area contributed by atoms with E-state index in [9.17, 15) is 15.3 Å². The number of aromatic nitrogens is 3. The van der Waals surface area contributed by atoms with E-state index in [2.05, 4.69) is 10.1 Å². The summed E-state index contributed by atoms with van der Waals surface area (Å²) < 4.78 is 5.46. The van der Waals surface area contributed by atoms with Crippen molar-refractivity contribution in [3.05, 3.63) is 69.2 Å². The Bertz CT molecular complexity index is 1010. The first kappa shape index (κ1) is 17.5. The number of halogens is 1. The Morgan fingerprint density at radius 2 is 1.96 bits per heavy atom. The summed E-state index contributed by atoms with van der Waals surface area (Å²) in [7, 11) is 0. The topological polar surface area (TPSA) is 108 Å². The number of hydrogen-bond acceptors (Lipinski definition) is 6. The van der Waals surface area contributed by atoms with Crippen molar-refractivity contribution in [2.24, 2.45) is 4.99 Å². The molecule has 1 aromatic heterocycles. The summed E-state index contributed by atoms with van der Waals surface area (Å²) >= 11 is 5.84. The van der Waals surface area contributed by atoms with E-state index < -0.39 is 10.7 Å². The van der Waals surface area contributed by atoms with Gasteiger partial charge in [-0.3, -0.25) is 0 Å². The molecular weight excluding hydrogens is 362 g/mol. The Kier molecular flexibility index (Phi) is 4.90. The second-order valence-electron chi connectivity index (χ2n) is 5.07. The minimum Gasteiger partial charge on any atom is -0.492 e. The second kappa shape index (κ2) is 7.28. The van der Waals surface area contributed by atoms with Crippen molar-refractivity contribution < 1.29 is 14.9 Å². The minimum absolute atomic E-state index is 0.330. The lowest BCUT2D eigenvalue weighted by Crippen LogP contribution is -2.22. The molecule has 0 bridgehead atoms. The molecule has 1 heterocycles. The Morgan fingerprint density at radius 1 is 1.27 bits per heavy atom. The lowest BCUT2D eigenvalue weighted by atomic mass is 10.3. The fraction of sp³-hybridized carbons (Fsp3) is 0.125. The molecule has 9 nitrogen and oxygen atoms in total. The van der Waals surface area contributed by atoms with Gasteiger partial charge in [0.25, 0.3) is 5.49 Å². The molecule has 0 radical (unpaired) electrons. The number of nitro groups is 1. The average molecular weight is 376 g/mol. The van der Waals surface area contributed by atoms with Crippen LogP contribution in [0, 0.1) is 10.1 Å². The maximum atomic E-state index is 11.4. The molecule has 3 rings (SSSR count). The number of rotatable bonds is 5. The van der Waals surface area contributed by atoms with Gasteiger partial charge < -0.3 is 20.1 Å². The molecule has 0 fully saturated rings. The zero-order valence-electron chi connectivity index (χ0n) is 13.6. The highest BCUT2D eigenvalue weighted by molar-refractivity contribution is 6.30. The number of benzene rings is 2. The van der Waals surface area contributed by atoms with Crippen molar-refractivity contribution in [1.29, 1.82) is 0 Å². The van der Waals surface area contributed by atoms with Crippen LogP contribution in [0.15, 0.2) is 53.5 Å². The van der Waals surface area contributed by atoms with E-state index in [4.69, 9.17) is 16.3 Å². The molecule has 0 atom stereocenters. The molecule has 0 aliphatic rings. The van der Waals surface area contributed by atoms with Crippen LogP contribution in [-0.4, -0.2) is 31.5 Å². The van der Waals surface area contributed by atoms with Crippen LogP contribution in [0.4, 0.5) is 11.5 Å². The van der Waals surface area contributed by atoms with Crippen molar-refractivity contribution in [3.63, 3.8) is 0 Å². The van der Waals surface area contributed by atoms with E-state index in [0.29, 0.717) is 33.6 Å². The van der Waals surface area contributed by atoms with Crippen molar-refractivity contribution in [2.75, 3.05) is 6.61 Å². The molecule has 0 saturated heterocycles. The van der Waals surface area contributed by atoms with Gasteiger partial charge in [-0.15, -0.1) is 0 Å². The maximum absolute atomic E-state index is 11.4. The van der Waals surface area contributed by atoms with Crippen LogP contribution in [0.1, 0.15) is 6.92 Å². The highest BCUT2D eigenvalue weighted by Gasteiger charge is 2.24. The lowest BCUT2D eigenvalue weighted by Gasteiger charge is -2.05. The molecule has 0 aliphatic heterocycles. The number of para-hydroxylation sites is 2. The van der Waals surface area contributed by atoms with Gasteiger partial charge in [-0.05, 0) is 53.0 Å². The molecular formula is C16H14ClN5O4. The fourth-order valence-corrected chi connectivity index (χ4v) is 2.38. The summed E-state index contributed by atoms with van der Waals surface area (Å²) in [5.41, 5.74) is 0.368. The first-order chi connectivity index (χ1) is 12.5. The van der Waals surface area contributed by atoms with Crippen LogP contribution in [0.3, 0.4) is 0 Å². The van der Waals surface area contributed by atoms with E-state index >= 15 is 0 Å². The summed E-state index contributed by atoms with van der Waals surface area (Å²) in [4.78, 5) is 16.3. The summed E-state index contributed by atoms with van der Waals surface area (Å²) in [5.74, 6) is -0.169. The van der Waals surface area contributed by atoms with Gasteiger partial charge in [0.1, 0.15) is 17.1 Å². The fourth-order valence-electron chi connectivity index (χ4n) is 2.25. The van der Waals surface area contributed by atoms with E-state index in [0.717, 1.165) is 4.80 Å². The van der Waals surface area contributed by atoms with E-state index in [1.807, 2.05) is 6.92 Å². The highest BCUT2D eigenvalue weighted by Crippen LogP contribution is 2.26. The normalized spacial score (nSPS) is 11.5. The summed E-state index contributed by atoms with van der Waals surface area (Å²) in [6.45, 7) is 2.21. The Balaban J connectivity index is 2.21. The van der Waals surface area contributed by atoms with Gasteiger partial charge in [0.15, 0.2) is 0 Å². The summed E-state index contributed by atoms with van der Waals surface area (Å²) in [6, 6.07) is 13.0. The second-order valence-corrected chi connectivity index (χ2v) is 5.51. The molecule has 26 heavy (non-hydrogen) atoms. The van der Waals surface area contributed by atoms with Crippen LogP contribution < -0.4 is 10.2 Å². The van der Waals surface area contributed by atoms with Gasteiger partial charge in [0.05, 0.1) is 11.7 Å². The van der Waals surface area contributed by atoms with Crippen LogP contribution in [0.25, 0.3) is 5.69 Å².